The van der Waals surface area contributed by atoms with Gasteiger partial charge in [0, 0.05) is 29.4 Å². The fourth-order valence-electron chi connectivity index (χ4n) is 2.92. The van der Waals surface area contributed by atoms with Crippen molar-refractivity contribution < 1.29 is 14.1 Å². The van der Waals surface area contributed by atoms with E-state index in [1.165, 1.54) is 6.33 Å². The predicted octanol–water partition coefficient (Wildman–Crippen LogP) is 4.34. The highest BCUT2D eigenvalue weighted by atomic mass is 16.5. The van der Waals surface area contributed by atoms with Crippen LogP contribution in [0.25, 0.3) is 0 Å². The molecule has 1 aliphatic heterocycles. The lowest BCUT2D eigenvalue weighted by Crippen LogP contribution is -2.19. The molecule has 10 heteroatoms. The van der Waals surface area contributed by atoms with Crippen molar-refractivity contribution >= 4 is 34.9 Å². The Bertz CT molecular complexity index is 1060. The Morgan fingerprint density at radius 2 is 1.87 bits per heavy atom. The zero-order chi connectivity index (χ0) is 21.8. The van der Waals surface area contributed by atoms with Gasteiger partial charge < -0.3 is 25.2 Å². The number of anilines is 5. The van der Waals surface area contributed by atoms with Crippen LogP contribution in [0.2, 0.25) is 0 Å². The minimum Gasteiger partial charge on any atom is -0.486 e. The zero-order valence-electron chi connectivity index (χ0n) is 17.7. The van der Waals surface area contributed by atoms with E-state index in [4.69, 9.17) is 9.26 Å². The first-order chi connectivity index (χ1) is 14.9. The van der Waals surface area contributed by atoms with Gasteiger partial charge in [-0.1, -0.05) is 25.9 Å². The molecule has 10 nitrogen and oxygen atoms in total. The fraction of sp³-hybridized carbons (Fsp3) is 0.333. The van der Waals surface area contributed by atoms with E-state index in [9.17, 15) is 4.79 Å². The number of hydrogen-bond donors (Lipinski definition) is 4. The van der Waals surface area contributed by atoms with Crippen molar-refractivity contribution in [3.63, 3.8) is 0 Å². The highest BCUT2D eigenvalue weighted by molar-refractivity contribution is 5.99. The van der Waals surface area contributed by atoms with Gasteiger partial charge in [-0.2, -0.15) is 0 Å². The maximum Gasteiger partial charge on any atom is 0.324 e. The smallest absolute Gasteiger partial charge is 0.324 e. The number of fused-ring (bicyclic) bond motifs is 1. The third-order valence-corrected chi connectivity index (χ3v) is 4.56. The van der Waals surface area contributed by atoms with Gasteiger partial charge in [-0.25, -0.2) is 14.8 Å². The second-order valence-electron chi connectivity index (χ2n) is 8.14. The molecule has 0 spiro atoms. The first kappa shape index (κ1) is 20.5. The van der Waals surface area contributed by atoms with Crippen LogP contribution in [0.5, 0.6) is 5.75 Å². The number of rotatable bonds is 4. The lowest BCUT2D eigenvalue weighted by atomic mass is 9.93. The Balaban J connectivity index is 1.38. The summed E-state index contributed by atoms with van der Waals surface area (Å²) in [5, 5.41) is 15.8. The highest BCUT2D eigenvalue weighted by Gasteiger charge is 2.20. The Hall–Kier alpha value is -3.82. The molecule has 3 aromatic rings. The minimum atomic E-state index is -0.407. The zero-order valence-corrected chi connectivity index (χ0v) is 17.7. The van der Waals surface area contributed by atoms with Gasteiger partial charge in [0.1, 0.15) is 12.1 Å². The van der Waals surface area contributed by atoms with Crippen molar-refractivity contribution in [2.24, 2.45) is 0 Å². The molecule has 162 valence electrons. The molecule has 4 rings (SSSR count). The molecule has 2 aromatic heterocycles. The van der Waals surface area contributed by atoms with E-state index in [2.05, 4.69) is 36.4 Å². The van der Waals surface area contributed by atoms with Crippen molar-refractivity contribution in [1.82, 2.24) is 15.1 Å². The first-order valence-corrected chi connectivity index (χ1v) is 10.0. The molecule has 0 bridgehead atoms. The van der Waals surface area contributed by atoms with Gasteiger partial charge in [-0.05, 0) is 30.7 Å². The number of nitrogens with zero attached hydrogens (tertiary/aromatic N) is 3. The SMILES string of the molecule is CC(C)(C)c1cc(NC(=O)Nc2ccc(Nc3ncnc4c3OCCCN4)cc2)no1. The molecule has 0 unspecified atom stereocenters. The summed E-state index contributed by atoms with van der Waals surface area (Å²) < 4.78 is 11.1. The molecular weight excluding hydrogens is 398 g/mol. The normalized spacial score (nSPS) is 13.3. The van der Waals surface area contributed by atoms with Crippen LogP contribution in [-0.2, 0) is 5.41 Å². The third-order valence-electron chi connectivity index (χ3n) is 4.56. The van der Waals surface area contributed by atoms with E-state index in [0.717, 1.165) is 18.7 Å². The minimum absolute atomic E-state index is 0.185. The molecule has 0 saturated heterocycles. The Kier molecular flexibility index (Phi) is 5.61. The third kappa shape index (κ3) is 5.03. The largest absolute Gasteiger partial charge is 0.486 e. The number of amides is 2. The quantitative estimate of drug-likeness (QED) is 0.488. The molecule has 1 aliphatic rings. The summed E-state index contributed by atoms with van der Waals surface area (Å²) in [6.07, 6.45) is 2.38. The van der Waals surface area contributed by atoms with Crippen LogP contribution in [-0.4, -0.2) is 34.3 Å². The average molecular weight is 423 g/mol. The number of nitrogens with one attached hydrogen (secondary N) is 4. The van der Waals surface area contributed by atoms with Gasteiger partial charge in [-0.15, -0.1) is 0 Å². The highest BCUT2D eigenvalue weighted by Crippen LogP contribution is 2.33. The molecular formula is C21H25N7O3. The second kappa shape index (κ2) is 8.50. The van der Waals surface area contributed by atoms with Gasteiger partial charge in [0.25, 0.3) is 0 Å². The van der Waals surface area contributed by atoms with Gasteiger partial charge in [0.15, 0.2) is 17.5 Å². The summed E-state index contributed by atoms with van der Waals surface area (Å²) in [6.45, 7) is 7.43. The van der Waals surface area contributed by atoms with Gasteiger partial charge >= 0.3 is 6.03 Å². The summed E-state index contributed by atoms with van der Waals surface area (Å²) in [7, 11) is 0. The second-order valence-corrected chi connectivity index (χ2v) is 8.14. The Morgan fingerprint density at radius 3 is 2.61 bits per heavy atom. The van der Waals surface area contributed by atoms with Crippen LogP contribution >= 0.6 is 0 Å². The van der Waals surface area contributed by atoms with Crippen molar-refractivity contribution in [2.45, 2.75) is 32.6 Å². The van der Waals surface area contributed by atoms with Crippen LogP contribution in [0.15, 0.2) is 41.2 Å². The van der Waals surface area contributed by atoms with Crippen molar-refractivity contribution in [3.8, 4) is 5.75 Å². The molecule has 2 amide bonds. The van der Waals surface area contributed by atoms with E-state index in [1.54, 1.807) is 18.2 Å². The van der Waals surface area contributed by atoms with Crippen LogP contribution in [0.4, 0.5) is 33.6 Å². The van der Waals surface area contributed by atoms with Crippen LogP contribution in [0, 0.1) is 0 Å². The van der Waals surface area contributed by atoms with Crippen LogP contribution < -0.4 is 26.0 Å². The standard InChI is InChI=1S/C21H25N7O3/c1-21(2,3)15-11-16(28-31-15)27-20(29)26-14-7-5-13(6-8-14)25-19-17-18(23-12-24-19)22-9-4-10-30-17/h5-8,11-12H,4,9-10H2,1-3H3,(H2,22,23,24,25)(H2,26,27,28,29). The number of aromatic nitrogens is 3. The maximum atomic E-state index is 12.2. The Morgan fingerprint density at radius 1 is 1.10 bits per heavy atom. The van der Waals surface area contributed by atoms with E-state index < -0.39 is 6.03 Å². The average Bonchev–Trinajstić information content (AvgIpc) is 3.06. The van der Waals surface area contributed by atoms with Gasteiger partial charge in [0.2, 0.25) is 5.75 Å². The van der Waals surface area contributed by atoms with Crippen LogP contribution in [0.3, 0.4) is 0 Å². The monoisotopic (exact) mass is 423 g/mol. The number of benzene rings is 1. The molecule has 3 heterocycles. The number of urea groups is 1. The number of carbonyl (C=O) groups excluding carboxylic acids is 1. The number of carbonyl (C=O) groups is 1. The molecule has 0 aliphatic carbocycles. The van der Waals surface area contributed by atoms with E-state index >= 15 is 0 Å². The van der Waals surface area contributed by atoms with E-state index in [-0.39, 0.29) is 5.41 Å². The van der Waals surface area contributed by atoms with Crippen molar-refractivity contribution in [2.75, 3.05) is 34.4 Å². The lowest BCUT2D eigenvalue weighted by molar-refractivity contribution is 0.262. The molecule has 0 saturated carbocycles. The number of ether oxygens (including phenoxy) is 1. The molecule has 0 radical (unpaired) electrons. The molecule has 31 heavy (non-hydrogen) atoms. The Labute approximate surface area is 179 Å². The molecule has 1 aromatic carbocycles. The summed E-state index contributed by atoms with van der Waals surface area (Å²) in [6, 6.07) is 8.54. The summed E-state index contributed by atoms with van der Waals surface area (Å²) in [5.74, 6) is 2.91. The summed E-state index contributed by atoms with van der Waals surface area (Å²) in [4.78, 5) is 20.8. The lowest BCUT2D eigenvalue weighted by Gasteiger charge is -2.13. The first-order valence-electron chi connectivity index (χ1n) is 10.0. The molecule has 0 fully saturated rings. The van der Waals surface area contributed by atoms with Crippen LogP contribution in [0.1, 0.15) is 33.0 Å². The molecule has 4 N–H and O–H groups in total. The van der Waals surface area contributed by atoms with E-state index in [0.29, 0.717) is 41.3 Å². The summed E-state index contributed by atoms with van der Waals surface area (Å²) in [5.41, 5.74) is 1.24. The maximum absolute atomic E-state index is 12.2. The number of hydrogen-bond acceptors (Lipinski definition) is 8. The molecule has 0 atom stereocenters. The van der Waals surface area contributed by atoms with Crippen molar-refractivity contribution in [3.05, 3.63) is 42.4 Å². The summed E-state index contributed by atoms with van der Waals surface area (Å²) >= 11 is 0. The van der Waals surface area contributed by atoms with Crippen molar-refractivity contribution in [1.29, 1.82) is 0 Å². The van der Waals surface area contributed by atoms with Gasteiger partial charge in [-0.3, -0.25) is 5.32 Å². The fourth-order valence-corrected chi connectivity index (χ4v) is 2.92. The predicted molar refractivity (Wildman–Crippen MR) is 118 cm³/mol. The topological polar surface area (TPSA) is 126 Å². The van der Waals surface area contributed by atoms with E-state index in [1.807, 2.05) is 32.9 Å². The van der Waals surface area contributed by atoms with Gasteiger partial charge in [0.05, 0.1) is 6.61 Å².